The fraction of sp³-hybridized carbons (Fsp3) is 0.700. The molecule has 1 aliphatic heterocycles. The molecule has 0 spiro atoms. The standard InChI is InChI=1S/C10H17N3O/c1-13-8(7-14)6-10(12-13)9-4-2-3-5-11-9/h6,9,11,14H,2-5,7H2,1H3/t9-/m1/s1. The molecule has 1 aromatic rings. The predicted octanol–water partition coefficient (Wildman–Crippen LogP) is 0.727. The van der Waals surface area contributed by atoms with Crippen molar-refractivity contribution in [2.45, 2.75) is 31.9 Å². The van der Waals surface area contributed by atoms with Crippen LogP contribution in [0, 0.1) is 0 Å². The van der Waals surface area contributed by atoms with Gasteiger partial charge in [-0.2, -0.15) is 5.10 Å². The van der Waals surface area contributed by atoms with Crippen molar-refractivity contribution in [1.29, 1.82) is 0 Å². The van der Waals surface area contributed by atoms with Crippen LogP contribution in [-0.4, -0.2) is 21.4 Å². The van der Waals surface area contributed by atoms with E-state index in [4.69, 9.17) is 5.11 Å². The summed E-state index contributed by atoms with van der Waals surface area (Å²) in [5, 5.41) is 16.9. The van der Waals surface area contributed by atoms with Crippen molar-refractivity contribution < 1.29 is 5.11 Å². The van der Waals surface area contributed by atoms with Crippen molar-refractivity contribution in [3.63, 3.8) is 0 Å². The largest absolute Gasteiger partial charge is 0.390 e. The van der Waals surface area contributed by atoms with Gasteiger partial charge in [0.2, 0.25) is 0 Å². The molecular weight excluding hydrogens is 178 g/mol. The molecule has 2 rings (SSSR count). The average molecular weight is 195 g/mol. The molecule has 2 heterocycles. The Morgan fingerprint density at radius 2 is 2.50 bits per heavy atom. The molecule has 0 aliphatic carbocycles. The van der Waals surface area contributed by atoms with Crippen molar-refractivity contribution in [1.82, 2.24) is 15.1 Å². The summed E-state index contributed by atoms with van der Waals surface area (Å²) in [5.74, 6) is 0. The van der Waals surface area contributed by atoms with Crippen molar-refractivity contribution >= 4 is 0 Å². The fourth-order valence-electron chi connectivity index (χ4n) is 1.95. The smallest absolute Gasteiger partial charge is 0.0849 e. The monoisotopic (exact) mass is 195 g/mol. The van der Waals surface area contributed by atoms with Gasteiger partial charge in [-0.1, -0.05) is 6.42 Å². The van der Waals surface area contributed by atoms with Gasteiger partial charge in [-0.25, -0.2) is 0 Å². The molecule has 0 unspecified atom stereocenters. The van der Waals surface area contributed by atoms with Crippen LogP contribution >= 0.6 is 0 Å². The molecule has 0 saturated carbocycles. The third-order valence-corrected chi connectivity index (χ3v) is 2.82. The van der Waals surface area contributed by atoms with E-state index in [0.717, 1.165) is 24.4 Å². The molecule has 0 amide bonds. The highest BCUT2D eigenvalue weighted by atomic mass is 16.3. The Kier molecular flexibility index (Phi) is 2.84. The molecule has 1 aliphatic rings. The summed E-state index contributed by atoms with van der Waals surface area (Å²) >= 11 is 0. The molecular formula is C10H17N3O. The summed E-state index contributed by atoms with van der Waals surface area (Å²) in [6.07, 6.45) is 3.68. The van der Waals surface area contributed by atoms with Crippen LogP contribution in [0.1, 0.15) is 36.7 Å². The first-order valence-corrected chi connectivity index (χ1v) is 5.18. The van der Waals surface area contributed by atoms with E-state index in [2.05, 4.69) is 10.4 Å². The Labute approximate surface area is 83.9 Å². The van der Waals surface area contributed by atoms with Crippen molar-refractivity contribution in [2.24, 2.45) is 7.05 Å². The van der Waals surface area contributed by atoms with Gasteiger partial charge in [0.25, 0.3) is 0 Å². The summed E-state index contributed by atoms with van der Waals surface area (Å²) in [6.45, 7) is 1.14. The molecule has 78 valence electrons. The molecule has 2 N–H and O–H groups in total. The van der Waals surface area contributed by atoms with Crippen molar-refractivity contribution in [2.75, 3.05) is 6.54 Å². The lowest BCUT2D eigenvalue weighted by Gasteiger charge is -2.21. The van der Waals surface area contributed by atoms with Crippen LogP contribution in [0.2, 0.25) is 0 Å². The topological polar surface area (TPSA) is 50.1 Å². The first-order valence-electron chi connectivity index (χ1n) is 5.18. The Bertz CT molecular complexity index is 302. The third kappa shape index (κ3) is 1.81. The normalized spacial score (nSPS) is 22.6. The van der Waals surface area contributed by atoms with Crippen LogP contribution in [0.25, 0.3) is 0 Å². The van der Waals surface area contributed by atoms with E-state index in [-0.39, 0.29) is 6.61 Å². The maximum Gasteiger partial charge on any atom is 0.0849 e. The van der Waals surface area contributed by atoms with E-state index >= 15 is 0 Å². The van der Waals surface area contributed by atoms with Crippen LogP contribution in [-0.2, 0) is 13.7 Å². The number of rotatable bonds is 2. The highest BCUT2D eigenvalue weighted by molar-refractivity contribution is 5.13. The first-order chi connectivity index (χ1) is 6.81. The van der Waals surface area contributed by atoms with Gasteiger partial charge >= 0.3 is 0 Å². The van der Waals surface area contributed by atoms with Crippen LogP contribution in [0.3, 0.4) is 0 Å². The van der Waals surface area contributed by atoms with Gasteiger partial charge in [0, 0.05) is 7.05 Å². The maximum absolute atomic E-state index is 9.05. The Morgan fingerprint density at radius 1 is 1.64 bits per heavy atom. The summed E-state index contributed by atoms with van der Waals surface area (Å²) < 4.78 is 1.76. The lowest BCUT2D eigenvalue weighted by atomic mass is 10.0. The second-order valence-electron chi connectivity index (χ2n) is 3.84. The Balaban J connectivity index is 2.14. The molecule has 4 nitrogen and oxygen atoms in total. The minimum atomic E-state index is 0.0657. The highest BCUT2D eigenvalue weighted by Gasteiger charge is 2.18. The SMILES string of the molecule is Cn1nc([C@H]2CCCCN2)cc1CO. The van der Waals surface area contributed by atoms with Crippen LogP contribution in [0.15, 0.2) is 6.07 Å². The second-order valence-corrected chi connectivity index (χ2v) is 3.84. The third-order valence-electron chi connectivity index (χ3n) is 2.82. The Hall–Kier alpha value is -0.870. The molecule has 0 bridgehead atoms. The molecule has 4 heteroatoms. The van der Waals surface area contributed by atoms with Gasteiger partial charge in [-0.05, 0) is 25.5 Å². The van der Waals surface area contributed by atoms with E-state index in [0.29, 0.717) is 6.04 Å². The molecule has 1 saturated heterocycles. The minimum Gasteiger partial charge on any atom is -0.390 e. The number of hydrogen-bond acceptors (Lipinski definition) is 3. The van der Waals surface area contributed by atoms with Crippen molar-refractivity contribution in [3.8, 4) is 0 Å². The molecule has 0 aromatic carbocycles. The van der Waals surface area contributed by atoms with Crippen molar-refractivity contribution in [3.05, 3.63) is 17.5 Å². The molecule has 1 aromatic heterocycles. The van der Waals surface area contributed by atoms with Gasteiger partial charge in [-0.15, -0.1) is 0 Å². The van der Waals surface area contributed by atoms with Gasteiger partial charge in [0.05, 0.1) is 24.0 Å². The van der Waals surface area contributed by atoms with E-state index in [9.17, 15) is 0 Å². The zero-order chi connectivity index (χ0) is 9.97. The number of nitrogens with one attached hydrogen (secondary N) is 1. The molecule has 1 atom stereocenters. The van der Waals surface area contributed by atoms with Gasteiger partial charge < -0.3 is 10.4 Å². The lowest BCUT2D eigenvalue weighted by Crippen LogP contribution is -2.27. The van der Waals surface area contributed by atoms with Gasteiger partial charge in [-0.3, -0.25) is 4.68 Å². The Morgan fingerprint density at radius 3 is 3.07 bits per heavy atom. The zero-order valence-corrected chi connectivity index (χ0v) is 8.53. The quantitative estimate of drug-likeness (QED) is 0.731. The number of hydrogen-bond donors (Lipinski definition) is 2. The number of piperidine rings is 1. The number of aromatic nitrogens is 2. The van der Waals surface area contributed by atoms with Gasteiger partial charge in [0.15, 0.2) is 0 Å². The highest BCUT2D eigenvalue weighted by Crippen LogP contribution is 2.22. The van der Waals surface area contributed by atoms with Crippen LogP contribution in [0.4, 0.5) is 0 Å². The maximum atomic E-state index is 9.05. The minimum absolute atomic E-state index is 0.0657. The summed E-state index contributed by atoms with van der Waals surface area (Å²) in [7, 11) is 1.87. The zero-order valence-electron chi connectivity index (χ0n) is 8.53. The van der Waals surface area contributed by atoms with Crippen LogP contribution < -0.4 is 5.32 Å². The van der Waals surface area contributed by atoms with Gasteiger partial charge in [0.1, 0.15) is 0 Å². The van der Waals surface area contributed by atoms with E-state index < -0.39 is 0 Å². The summed E-state index contributed by atoms with van der Waals surface area (Å²) in [4.78, 5) is 0. The molecule has 0 radical (unpaired) electrons. The lowest BCUT2D eigenvalue weighted by molar-refractivity contribution is 0.270. The molecule has 1 fully saturated rings. The average Bonchev–Trinajstić information content (AvgIpc) is 2.61. The number of nitrogens with zero attached hydrogens (tertiary/aromatic N) is 2. The summed E-state index contributed by atoms with van der Waals surface area (Å²) in [6, 6.07) is 2.37. The molecule has 14 heavy (non-hydrogen) atoms. The van der Waals surface area contributed by atoms with E-state index in [1.807, 2.05) is 13.1 Å². The van der Waals surface area contributed by atoms with E-state index in [1.165, 1.54) is 12.8 Å². The number of aliphatic hydroxyl groups excluding tert-OH is 1. The number of aryl methyl sites for hydroxylation is 1. The predicted molar refractivity (Wildman–Crippen MR) is 53.7 cm³/mol. The fourth-order valence-corrected chi connectivity index (χ4v) is 1.95. The second kappa shape index (κ2) is 4.11. The van der Waals surface area contributed by atoms with E-state index in [1.54, 1.807) is 4.68 Å². The number of aliphatic hydroxyl groups is 1. The first kappa shape index (κ1) is 9.68. The summed E-state index contributed by atoms with van der Waals surface area (Å²) in [5.41, 5.74) is 1.95. The van der Waals surface area contributed by atoms with Crippen LogP contribution in [0.5, 0.6) is 0 Å².